The summed E-state index contributed by atoms with van der Waals surface area (Å²) in [6, 6.07) is 11.9. The first-order chi connectivity index (χ1) is 12.8. The molecular weight excluding hydrogens is 349 g/mol. The Balaban J connectivity index is 1.68. The summed E-state index contributed by atoms with van der Waals surface area (Å²) in [5.41, 5.74) is 0.562. The number of nitrogens with zero attached hydrogens (tertiary/aromatic N) is 2. The van der Waals surface area contributed by atoms with Gasteiger partial charge in [0.25, 0.3) is 0 Å². The molecule has 3 aromatic rings. The van der Waals surface area contributed by atoms with E-state index in [4.69, 9.17) is 9.47 Å². The maximum absolute atomic E-state index is 14.1. The number of hydrogen-bond donors (Lipinski definition) is 1. The fourth-order valence-electron chi connectivity index (χ4n) is 2.59. The Morgan fingerprint density at radius 2 is 1.96 bits per heavy atom. The molecule has 142 valence electrons. The van der Waals surface area contributed by atoms with Gasteiger partial charge in [0.15, 0.2) is 0 Å². The molecule has 0 spiro atoms. The second kappa shape index (κ2) is 7.65. The minimum absolute atomic E-state index is 0.267. The van der Waals surface area contributed by atoms with Crippen LogP contribution < -0.4 is 10.1 Å². The van der Waals surface area contributed by atoms with E-state index in [2.05, 4.69) is 10.4 Å². The van der Waals surface area contributed by atoms with Crippen molar-refractivity contribution in [2.24, 2.45) is 0 Å². The number of aromatic nitrogens is 2. The van der Waals surface area contributed by atoms with E-state index in [1.807, 2.05) is 18.2 Å². The zero-order chi connectivity index (χ0) is 19.4. The van der Waals surface area contributed by atoms with Crippen LogP contribution in [-0.2, 0) is 4.74 Å². The van der Waals surface area contributed by atoms with E-state index in [0.29, 0.717) is 18.0 Å². The van der Waals surface area contributed by atoms with Crippen LogP contribution in [-0.4, -0.2) is 34.6 Å². The van der Waals surface area contributed by atoms with Crippen LogP contribution in [0.1, 0.15) is 20.8 Å². The van der Waals surface area contributed by atoms with E-state index in [-0.39, 0.29) is 12.4 Å². The number of carbonyl (C=O) groups is 1. The summed E-state index contributed by atoms with van der Waals surface area (Å²) in [4.78, 5) is 11.6. The zero-order valence-electron chi connectivity index (χ0n) is 15.5. The van der Waals surface area contributed by atoms with Gasteiger partial charge in [-0.15, -0.1) is 0 Å². The first-order valence-corrected chi connectivity index (χ1v) is 8.66. The van der Waals surface area contributed by atoms with Gasteiger partial charge >= 0.3 is 6.09 Å². The topological polar surface area (TPSA) is 65.4 Å². The maximum Gasteiger partial charge on any atom is 0.407 e. The molecule has 0 saturated heterocycles. The number of ether oxygens (including phenoxy) is 2. The Morgan fingerprint density at radius 1 is 1.19 bits per heavy atom. The third kappa shape index (κ3) is 4.55. The molecule has 27 heavy (non-hydrogen) atoms. The average Bonchev–Trinajstić information content (AvgIpc) is 3.02. The summed E-state index contributed by atoms with van der Waals surface area (Å²) in [5, 5.41) is 7.69. The highest BCUT2D eigenvalue weighted by atomic mass is 19.1. The molecule has 1 amide bonds. The zero-order valence-corrected chi connectivity index (χ0v) is 15.5. The molecule has 0 fully saturated rings. The lowest BCUT2D eigenvalue weighted by atomic mass is 10.2. The Kier molecular flexibility index (Phi) is 5.30. The quantitative estimate of drug-likeness (QED) is 0.687. The van der Waals surface area contributed by atoms with Crippen LogP contribution in [0.3, 0.4) is 0 Å². The van der Waals surface area contributed by atoms with Crippen LogP contribution in [0.25, 0.3) is 16.6 Å². The minimum atomic E-state index is -0.544. The molecule has 2 aromatic carbocycles. The summed E-state index contributed by atoms with van der Waals surface area (Å²) in [5.74, 6) is 0.261. The number of para-hydroxylation sites is 1. The first kappa shape index (κ1) is 18.7. The molecule has 1 aromatic heterocycles. The van der Waals surface area contributed by atoms with Gasteiger partial charge in [0.1, 0.15) is 29.5 Å². The molecule has 0 bridgehead atoms. The number of halogens is 1. The predicted molar refractivity (Wildman–Crippen MR) is 101 cm³/mol. The lowest BCUT2D eigenvalue weighted by Crippen LogP contribution is -2.34. The number of hydrogen-bond acceptors (Lipinski definition) is 4. The Hall–Kier alpha value is -3.09. The summed E-state index contributed by atoms with van der Waals surface area (Å²) in [6.45, 7) is 5.97. The van der Waals surface area contributed by atoms with E-state index in [1.165, 1.54) is 10.7 Å². The maximum atomic E-state index is 14.1. The summed E-state index contributed by atoms with van der Waals surface area (Å²) >= 11 is 0. The minimum Gasteiger partial charge on any atom is -0.491 e. The second-order valence-corrected chi connectivity index (χ2v) is 6.97. The highest BCUT2D eigenvalue weighted by molar-refractivity contribution is 5.86. The van der Waals surface area contributed by atoms with Crippen LogP contribution in [0.2, 0.25) is 0 Å². The van der Waals surface area contributed by atoms with Crippen LogP contribution in [0.4, 0.5) is 9.18 Å². The van der Waals surface area contributed by atoms with Gasteiger partial charge in [-0.3, -0.25) is 0 Å². The number of benzene rings is 2. The molecule has 0 atom stereocenters. The smallest absolute Gasteiger partial charge is 0.407 e. The second-order valence-electron chi connectivity index (χ2n) is 6.97. The van der Waals surface area contributed by atoms with Gasteiger partial charge in [-0.1, -0.05) is 18.2 Å². The average molecular weight is 371 g/mol. The number of fused-ring (bicyclic) bond motifs is 1. The van der Waals surface area contributed by atoms with Crippen LogP contribution in [0, 0.1) is 5.82 Å². The molecule has 0 saturated carbocycles. The van der Waals surface area contributed by atoms with E-state index in [0.717, 1.165) is 10.9 Å². The van der Waals surface area contributed by atoms with Crippen molar-refractivity contribution in [2.45, 2.75) is 26.4 Å². The number of carbonyl (C=O) groups excluding carboxylic acids is 1. The molecule has 0 aliphatic heterocycles. The van der Waals surface area contributed by atoms with Crippen molar-refractivity contribution in [3.8, 4) is 11.4 Å². The molecule has 0 aliphatic carbocycles. The summed E-state index contributed by atoms with van der Waals surface area (Å²) in [6.07, 6.45) is 1.15. The highest BCUT2D eigenvalue weighted by Crippen LogP contribution is 2.27. The highest BCUT2D eigenvalue weighted by Gasteiger charge is 2.16. The van der Waals surface area contributed by atoms with Crippen molar-refractivity contribution in [1.29, 1.82) is 0 Å². The third-order valence-electron chi connectivity index (χ3n) is 3.68. The molecule has 0 aliphatic rings. The number of nitrogens with one attached hydrogen (secondary N) is 1. The van der Waals surface area contributed by atoms with Crippen LogP contribution in [0.5, 0.6) is 5.75 Å². The molecule has 3 rings (SSSR count). The van der Waals surface area contributed by atoms with E-state index in [1.54, 1.807) is 45.2 Å². The van der Waals surface area contributed by atoms with Crippen molar-refractivity contribution in [3.63, 3.8) is 0 Å². The lowest BCUT2D eigenvalue weighted by molar-refractivity contribution is 0.0520. The Morgan fingerprint density at radius 3 is 2.70 bits per heavy atom. The predicted octanol–water partition coefficient (Wildman–Crippen LogP) is 4.07. The van der Waals surface area contributed by atoms with Gasteiger partial charge in [0.05, 0.1) is 23.6 Å². The van der Waals surface area contributed by atoms with Crippen LogP contribution in [0.15, 0.2) is 48.7 Å². The molecule has 1 N–H and O–H groups in total. The fraction of sp³-hybridized carbons (Fsp3) is 0.300. The van der Waals surface area contributed by atoms with Crippen molar-refractivity contribution in [3.05, 3.63) is 54.5 Å². The van der Waals surface area contributed by atoms with E-state index >= 15 is 0 Å². The lowest BCUT2D eigenvalue weighted by Gasteiger charge is -2.19. The molecular formula is C20H22FN3O3. The van der Waals surface area contributed by atoms with Crippen molar-refractivity contribution < 1.29 is 18.7 Å². The molecule has 7 heteroatoms. The van der Waals surface area contributed by atoms with Gasteiger partial charge < -0.3 is 14.8 Å². The normalized spacial score (nSPS) is 11.4. The standard InChI is InChI=1S/C20H22FN3O3/c1-20(2,3)27-19(25)22-11-12-26-18-10-6-9-16-14(18)13-23-24(16)17-8-5-4-7-15(17)21/h4-10,13H,11-12H2,1-3H3,(H,22,25). The molecule has 0 unspecified atom stereocenters. The number of rotatable bonds is 5. The van der Waals surface area contributed by atoms with Crippen LogP contribution >= 0.6 is 0 Å². The number of amides is 1. The van der Waals surface area contributed by atoms with Crippen molar-refractivity contribution in [1.82, 2.24) is 15.1 Å². The number of alkyl carbamates (subject to hydrolysis) is 1. The fourth-order valence-corrected chi connectivity index (χ4v) is 2.59. The molecule has 1 heterocycles. The third-order valence-corrected chi connectivity index (χ3v) is 3.68. The molecule has 6 nitrogen and oxygen atoms in total. The van der Waals surface area contributed by atoms with Crippen molar-refractivity contribution in [2.75, 3.05) is 13.2 Å². The molecule has 0 radical (unpaired) electrons. The largest absolute Gasteiger partial charge is 0.491 e. The van der Waals surface area contributed by atoms with E-state index in [9.17, 15) is 9.18 Å². The van der Waals surface area contributed by atoms with Gasteiger partial charge in [0, 0.05) is 0 Å². The van der Waals surface area contributed by atoms with Gasteiger partial charge in [-0.2, -0.15) is 5.10 Å². The summed E-state index contributed by atoms with van der Waals surface area (Å²) in [7, 11) is 0. The Labute approximate surface area is 156 Å². The van der Waals surface area contributed by atoms with Gasteiger partial charge in [-0.05, 0) is 45.0 Å². The van der Waals surface area contributed by atoms with Gasteiger partial charge in [-0.25, -0.2) is 13.9 Å². The van der Waals surface area contributed by atoms with Crippen molar-refractivity contribution >= 4 is 17.0 Å². The van der Waals surface area contributed by atoms with Gasteiger partial charge in [0.2, 0.25) is 0 Å². The summed E-state index contributed by atoms with van der Waals surface area (Å²) < 4.78 is 26.5. The SMILES string of the molecule is CC(C)(C)OC(=O)NCCOc1cccc2c1cnn2-c1ccccc1F. The first-order valence-electron chi connectivity index (χ1n) is 8.66. The van der Waals surface area contributed by atoms with E-state index < -0.39 is 11.7 Å². The Bertz CT molecular complexity index is 947. The monoisotopic (exact) mass is 371 g/mol.